The van der Waals surface area contributed by atoms with Gasteiger partial charge in [0, 0.05) is 26.2 Å². The zero-order valence-electron chi connectivity index (χ0n) is 11.4. The lowest BCUT2D eigenvalue weighted by atomic mass is 9.94. The van der Waals surface area contributed by atoms with Crippen LogP contribution in [0.2, 0.25) is 0 Å². The van der Waals surface area contributed by atoms with Crippen molar-refractivity contribution >= 4 is 5.78 Å². The standard InChI is InChI=1S/C15H22O3/c1-12(13(2)16)15(18-11-7-10-17-3)14-8-5-4-6-9-14/h4-6,8-9,12,15H,7,10-11H2,1-3H3. The van der Waals surface area contributed by atoms with E-state index in [1.54, 1.807) is 14.0 Å². The van der Waals surface area contributed by atoms with Crippen LogP contribution in [0.5, 0.6) is 0 Å². The fourth-order valence-corrected chi connectivity index (χ4v) is 1.80. The number of ether oxygens (including phenoxy) is 2. The van der Waals surface area contributed by atoms with Gasteiger partial charge < -0.3 is 9.47 Å². The van der Waals surface area contributed by atoms with Crippen LogP contribution in [0.1, 0.15) is 31.9 Å². The molecule has 0 aliphatic carbocycles. The van der Waals surface area contributed by atoms with Crippen molar-refractivity contribution in [2.45, 2.75) is 26.4 Å². The molecular weight excluding hydrogens is 228 g/mol. The predicted molar refractivity (Wildman–Crippen MR) is 71.5 cm³/mol. The molecular formula is C15H22O3. The molecule has 0 aromatic heterocycles. The average Bonchev–Trinajstić information content (AvgIpc) is 2.39. The molecule has 0 radical (unpaired) electrons. The Kier molecular flexibility index (Phi) is 6.61. The fourth-order valence-electron chi connectivity index (χ4n) is 1.80. The summed E-state index contributed by atoms with van der Waals surface area (Å²) < 4.78 is 10.8. The summed E-state index contributed by atoms with van der Waals surface area (Å²) in [4.78, 5) is 11.5. The average molecular weight is 250 g/mol. The maximum atomic E-state index is 11.5. The molecule has 1 aromatic carbocycles. The third kappa shape index (κ3) is 4.59. The second kappa shape index (κ2) is 8.01. The van der Waals surface area contributed by atoms with E-state index >= 15 is 0 Å². The van der Waals surface area contributed by atoms with Gasteiger partial charge in [-0.1, -0.05) is 37.3 Å². The van der Waals surface area contributed by atoms with E-state index in [0.717, 1.165) is 12.0 Å². The van der Waals surface area contributed by atoms with E-state index in [4.69, 9.17) is 9.47 Å². The van der Waals surface area contributed by atoms with Crippen molar-refractivity contribution in [1.29, 1.82) is 0 Å². The maximum Gasteiger partial charge on any atom is 0.135 e. The van der Waals surface area contributed by atoms with Gasteiger partial charge in [-0.3, -0.25) is 4.79 Å². The van der Waals surface area contributed by atoms with E-state index in [2.05, 4.69) is 0 Å². The number of carbonyl (C=O) groups is 1. The number of methoxy groups -OCH3 is 1. The molecule has 1 aromatic rings. The van der Waals surface area contributed by atoms with Gasteiger partial charge >= 0.3 is 0 Å². The third-order valence-corrected chi connectivity index (χ3v) is 3.01. The molecule has 1 rings (SSSR count). The van der Waals surface area contributed by atoms with E-state index in [1.165, 1.54) is 0 Å². The molecule has 0 spiro atoms. The minimum atomic E-state index is -0.166. The van der Waals surface area contributed by atoms with Crippen LogP contribution in [0.15, 0.2) is 30.3 Å². The van der Waals surface area contributed by atoms with Crippen molar-refractivity contribution in [3.8, 4) is 0 Å². The highest BCUT2D eigenvalue weighted by Gasteiger charge is 2.23. The van der Waals surface area contributed by atoms with Gasteiger partial charge in [0.2, 0.25) is 0 Å². The Morgan fingerprint density at radius 2 is 1.89 bits per heavy atom. The van der Waals surface area contributed by atoms with Gasteiger partial charge in [-0.15, -0.1) is 0 Å². The number of ketones is 1. The number of carbonyl (C=O) groups excluding carboxylic acids is 1. The number of benzene rings is 1. The van der Waals surface area contributed by atoms with Crippen LogP contribution in [-0.2, 0) is 14.3 Å². The van der Waals surface area contributed by atoms with E-state index in [1.807, 2.05) is 37.3 Å². The Morgan fingerprint density at radius 3 is 2.44 bits per heavy atom. The van der Waals surface area contributed by atoms with Crippen LogP contribution in [-0.4, -0.2) is 26.1 Å². The van der Waals surface area contributed by atoms with Crippen molar-refractivity contribution in [2.75, 3.05) is 20.3 Å². The monoisotopic (exact) mass is 250 g/mol. The van der Waals surface area contributed by atoms with Crippen LogP contribution in [0.3, 0.4) is 0 Å². The van der Waals surface area contributed by atoms with Crippen LogP contribution >= 0.6 is 0 Å². The molecule has 0 saturated carbocycles. The molecule has 0 heterocycles. The second-order valence-corrected chi connectivity index (χ2v) is 4.45. The van der Waals surface area contributed by atoms with Crippen molar-refractivity contribution in [3.05, 3.63) is 35.9 Å². The molecule has 2 atom stereocenters. The first-order chi connectivity index (χ1) is 8.66. The highest BCUT2D eigenvalue weighted by atomic mass is 16.5. The fraction of sp³-hybridized carbons (Fsp3) is 0.533. The summed E-state index contributed by atoms with van der Waals surface area (Å²) >= 11 is 0. The summed E-state index contributed by atoms with van der Waals surface area (Å²) in [6, 6.07) is 9.90. The quantitative estimate of drug-likeness (QED) is 0.665. The van der Waals surface area contributed by atoms with E-state index < -0.39 is 0 Å². The van der Waals surface area contributed by atoms with Crippen molar-refractivity contribution < 1.29 is 14.3 Å². The Morgan fingerprint density at radius 1 is 1.22 bits per heavy atom. The second-order valence-electron chi connectivity index (χ2n) is 4.45. The molecule has 2 unspecified atom stereocenters. The molecule has 3 heteroatoms. The van der Waals surface area contributed by atoms with Gasteiger partial charge in [-0.05, 0) is 18.9 Å². The van der Waals surface area contributed by atoms with Gasteiger partial charge in [0.15, 0.2) is 0 Å². The Hall–Kier alpha value is -1.19. The summed E-state index contributed by atoms with van der Waals surface area (Å²) in [5, 5.41) is 0. The number of rotatable bonds is 8. The van der Waals surface area contributed by atoms with Crippen LogP contribution in [0.25, 0.3) is 0 Å². The van der Waals surface area contributed by atoms with Gasteiger partial charge in [0.05, 0.1) is 6.10 Å². The first kappa shape index (κ1) is 14.9. The molecule has 0 fully saturated rings. The minimum Gasteiger partial charge on any atom is -0.385 e. The lowest BCUT2D eigenvalue weighted by Gasteiger charge is -2.23. The summed E-state index contributed by atoms with van der Waals surface area (Å²) in [5.74, 6) is 0.0190. The van der Waals surface area contributed by atoms with Gasteiger partial charge in [-0.25, -0.2) is 0 Å². The normalized spacial score (nSPS) is 14.2. The topological polar surface area (TPSA) is 35.5 Å². The summed E-state index contributed by atoms with van der Waals surface area (Å²) in [7, 11) is 1.67. The van der Waals surface area contributed by atoms with Crippen molar-refractivity contribution in [1.82, 2.24) is 0 Å². The zero-order valence-corrected chi connectivity index (χ0v) is 11.4. The lowest BCUT2D eigenvalue weighted by Crippen LogP contribution is -2.20. The molecule has 100 valence electrons. The predicted octanol–water partition coefficient (Wildman–Crippen LogP) is 3.01. The summed E-state index contributed by atoms with van der Waals surface area (Å²) in [6.45, 7) is 4.80. The van der Waals surface area contributed by atoms with Crippen molar-refractivity contribution in [3.63, 3.8) is 0 Å². The molecule has 0 saturated heterocycles. The van der Waals surface area contributed by atoms with E-state index in [0.29, 0.717) is 13.2 Å². The molecule has 0 bridgehead atoms. The Balaban J connectivity index is 2.67. The van der Waals surface area contributed by atoms with E-state index in [9.17, 15) is 4.79 Å². The first-order valence-corrected chi connectivity index (χ1v) is 6.32. The summed E-state index contributed by atoms with van der Waals surface area (Å²) in [6.07, 6.45) is 0.672. The van der Waals surface area contributed by atoms with Crippen LogP contribution < -0.4 is 0 Å². The molecule has 0 amide bonds. The lowest BCUT2D eigenvalue weighted by molar-refractivity contribution is -0.125. The Bertz CT molecular complexity index is 348. The number of hydrogen-bond acceptors (Lipinski definition) is 3. The smallest absolute Gasteiger partial charge is 0.135 e. The number of Topliss-reactive ketones (excluding diaryl/α,β-unsaturated/α-hetero) is 1. The Labute approximate surface area is 109 Å². The molecule has 0 aliphatic heterocycles. The molecule has 0 aliphatic rings. The largest absolute Gasteiger partial charge is 0.385 e. The zero-order chi connectivity index (χ0) is 13.4. The number of hydrogen-bond donors (Lipinski definition) is 0. The van der Waals surface area contributed by atoms with Gasteiger partial charge in [-0.2, -0.15) is 0 Å². The maximum absolute atomic E-state index is 11.5. The molecule has 18 heavy (non-hydrogen) atoms. The van der Waals surface area contributed by atoms with Gasteiger partial charge in [0.25, 0.3) is 0 Å². The van der Waals surface area contributed by atoms with Crippen LogP contribution in [0, 0.1) is 5.92 Å². The van der Waals surface area contributed by atoms with Crippen molar-refractivity contribution in [2.24, 2.45) is 5.92 Å². The minimum absolute atomic E-state index is 0.130. The summed E-state index contributed by atoms with van der Waals surface area (Å²) in [5.41, 5.74) is 1.05. The first-order valence-electron chi connectivity index (χ1n) is 6.32. The highest BCUT2D eigenvalue weighted by molar-refractivity contribution is 5.78. The van der Waals surface area contributed by atoms with Crippen LogP contribution in [0.4, 0.5) is 0 Å². The third-order valence-electron chi connectivity index (χ3n) is 3.01. The molecule has 0 N–H and O–H groups in total. The van der Waals surface area contributed by atoms with E-state index in [-0.39, 0.29) is 17.8 Å². The molecule has 3 nitrogen and oxygen atoms in total. The highest BCUT2D eigenvalue weighted by Crippen LogP contribution is 2.26. The SMILES string of the molecule is COCCCOC(c1ccccc1)C(C)C(C)=O. The van der Waals surface area contributed by atoms with Gasteiger partial charge in [0.1, 0.15) is 5.78 Å².